The first-order valence-corrected chi connectivity index (χ1v) is 12.4. The Balaban J connectivity index is 1.66. The molecule has 2 atom stereocenters. The molecule has 3 aromatic carbocycles. The van der Waals surface area contributed by atoms with Crippen LogP contribution in [0.15, 0.2) is 78.0 Å². The first-order chi connectivity index (χ1) is 17.5. The summed E-state index contributed by atoms with van der Waals surface area (Å²) in [5, 5.41) is 7.25. The van der Waals surface area contributed by atoms with Crippen LogP contribution in [0.1, 0.15) is 49.8 Å². The van der Waals surface area contributed by atoms with Crippen LogP contribution in [-0.4, -0.2) is 26.1 Å². The van der Waals surface area contributed by atoms with Crippen LogP contribution in [0.2, 0.25) is 0 Å². The molecule has 0 aromatic heterocycles. The molecule has 2 aliphatic rings. The van der Waals surface area contributed by atoms with Gasteiger partial charge in [0.2, 0.25) is 0 Å². The molecule has 186 valence electrons. The monoisotopic (exact) mass is 484 g/mol. The average Bonchev–Trinajstić information content (AvgIpc) is 3.05. The van der Waals surface area contributed by atoms with E-state index >= 15 is 0 Å². The van der Waals surface area contributed by atoms with Crippen LogP contribution in [0.25, 0.3) is 0 Å². The van der Waals surface area contributed by atoms with Gasteiger partial charge in [0.1, 0.15) is 5.75 Å². The summed E-state index contributed by atoms with van der Waals surface area (Å²) in [5.41, 5.74) is 5.45. The Labute approximate surface area is 212 Å². The van der Waals surface area contributed by atoms with E-state index in [0.717, 1.165) is 39.5 Å². The number of nitrogens with one attached hydrogen (secondary N) is 2. The van der Waals surface area contributed by atoms with Gasteiger partial charge in [0, 0.05) is 29.2 Å². The molecule has 2 N–H and O–H groups in total. The molecule has 0 radical (unpaired) electrons. The molecule has 6 heteroatoms. The van der Waals surface area contributed by atoms with Crippen LogP contribution >= 0.6 is 0 Å². The molecule has 1 heterocycles. The summed E-state index contributed by atoms with van der Waals surface area (Å²) >= 11 is 0. The Kier molecular flexibility index (Phi) is 6.59. The minimum absolute atomic E-state index is 0.0162. The molecule has 2 unspecified atom stereocenters. The maximum absolute atomic E-state index is 13.9. The van der Waals surface area contributed by atoms with Crippen molar-refractivity contribution in [3.63, 3.8) is 0 Å². The van der Waals surface area contributed by atoms with E-state index in [0.29, 0.717) is 24.3 Å². The number of methoxy groups -OCH3 is 2. The smallest absolute Gasteiger partial charge is 0.167 e. The largest absolute Gasteiger partial charge is 0.496 e. The lowest BCUT2D eigenvalue weighted by Gasteiger charge is -2.31. The lowest BCUT2D eigenvalue weighted by molar-refractivity contribution is -0.116. The lowest BCUT2D eigenvalue weighted by atomic mass is 9.78. The zero-order valence-electron chi connectivity index (χ0n) is 21.1. The molecule has 0 fully saturated rings. The highest BCUT2D eigenvalue weighted by atomic mass is 16.5. The van der Waals surface area contributed by atoms with E-state index in [1.807, 2.05) is 74.5 Å². The Morgan fingerprint density at radius 1 is 0.806 bits per heavy atom. The molecule has 1 aliphatic heterocycles. The number of hydrogen-bond donors (Lipinski definition) is 2. The standard InChI is InChI=1S/C30H32N2O4/c1-18(2)36-30-21(11-9-15-27(30)35-4)29-28-24(31-22-12-6-7-13-23(22)32-29)16-19(17-25(28)33)20-10-5-8-14-26(20)34-3/h5-15,18-19,29,31-32H,16-17H2,1-4H3. The SMILES string of the molecule is COc1ccccc1C1CC(=O)C2=C(C1)Nc1ccccc1NC2c1cccc(OC)c1OC(C)C. The maximum Gasteiger partial charge on any atom is 0.167 e. The van der Waals surface area contributed by atoms with Crippen LogP contribution in [0.5, 0.6) is 17.2 Å². The number of rotatable bonds is 6. The van der Waals surface area contributed by atoms with Crippen molar-refractivity contribution in [2.75, 3.05) is 24.9 Å². The topological polar surface area (TPSA) is 68.8 Å². The number of ketones is 1. The predicted octanol–water partition coefficient (Wildman–Crippen LogP) is 6.47. The van der Waals surface area contributed by atoms with Crippen molar-refractivity contribution in [2.24, 2.45) is 0 Å². The minimum Gasteiger partial charge on any atom is -0.496 e. The number of allylic oxidation sites excluding steroid dienone is 1. The van der Waals surface area contributed by atoms with E-state index in [-0.39, 0.29) is 17.8 Å². The van der Waals surface area contributed by atoms with Crippen LogP contribution < -0.4 is 24.8 Å². The number of ether oxygens (including phenoxy) is 3. The van der Waals surface area contributed by atoms with Gasteiger partial charge in [0.25, 0.3) is 0 Å². The van der Waals surface area contributed by atoms with Gasteiger partial charge >= 0.3 is 0 Å². The molecule has 5 rings (SSSR count). The number of fused-ring (bicyclic) bond motifs is 1. The summed E-state index contributed by atoms with van der Waals surface area (Å²) in [7, 11) is 3.31. The second-order valence-corrected chi connectivity index (χ2v) is 9.46. The van der Waals surface area contributed by atoms with E-state index in [1.54, 1.807) is 14.2 Å². The molecular formula is C30H32N2O4. The zero-order chi connectivity index (χ0) is 25.2. The van der Waals surface area contributed by atoms with E-state index in [2.05, 4.69) is 16.7 Å². The van der Waals surface area contributed by atoms with Crippen LogP contribution in [0.4, 0.5) is 11.4 Å². The van der Waals surface area contributed by atoms with Gasteiger partial charge in [0.05, 0.1) is 37.7 Å². The summed E-state index contributed by atoms with van der Waals surface area (Å²) in [6.45, 7) is 3.98. The average molecular weight is 485 g/mol. The van der Waals surface area contributed by atoms with E-state index in [4.69, 9.17) is 14.2 Å². The first kappa shape index (κ1) is 23.8. The van der Waals surface area contributed by atoms with Crippen molar-refractivity contribution >= 4 is 17.2 Å². The molecule has 0 spiro atoms. The van der Waals surface area contributed by atoms with Gasteiger partial charge in [-0.15, -0.1) is 0 Å². The summed E-state index contributed by atoms with van der Waals surface area (Å²) in [6, 6.07) is 21.5. The van der Waals surface area contributed by atoms with E-state index in [1.165, 1.54) is 0 Å². The summed E-state index contributed by atoms with van der Waals surface area (Å²) in [6.07, 6.45) is 1.04. The molecule has 3 aromatic rings. The third-order valence-corrected chi connectivity index (χ3v) is 6.78. The highest BCUT2D eigenvalue weighted by Crippen LogP contribution is 2.48. The van der Waals surface area contributed by atoms with E-state index < -0.39 is 6.04 Å². The quantitative estimate of drug-likeness (QED) is 0.418. The molecule has 0 bridgehead atoms. The normalized spacial score (nSPS) is 19.0. The van der Waals surface area contributed by atoms with E-state index in [9.17, 15) is 4.79 Å². The van der Waals surface area contributed by atoms with Gasteiger partial charge in [-0.05, 0) is 50.1 Å². The Morgan fingerprint density at radius 3 is 2.22 bits per heavy atom. The first-order valence-electron chi connectivity index (χ1n) is 12.4. The summed E-state index contributed by atoms with van der Waals surface area (Å²) in [4.78, 5) is 13.9. The van der Waals surface area contributed by atoms with Gasteiger partial charge in [-0.3, -0.25) is 4.79 Å². The van der Waals surface area contributed by atoms with Gasteiger partial charge in [-0.2, -0.15) is 0 Å². The number of para-hydroxylation sites is 4. The molecule has 6 nitrogen and oxygen atoms in total. The van der Waals surface area contributed by atoms with Gasteiger partial charge in [-0.1, -0.05) is 42.5 Å². The fraction of sp³-hybridized carbons (Fsp3) is 0.300. The number of benzene rings is 3. The molecule has 0 saturated carbocycles. The third-order valence-electron chi connectivity index (χ3n) is 6.78. The van der Waals surface area contributed by atoms with Crippen molar-refractivity contribution in [3.8, 4) is 17.2 Å². The molecule has 1 aliphatic carbocycles. The van der Waals surface area contributed by atoms with Crippen molar-refractivity contribution in [1.82, 2.24) is 0 Å². The van der Waals surface area contributed by atoms with Gasteiger partial charge < -0.3 is 24.8 Å². The van der Waals surface area contributed by atoms with Crippen molar-refractivity contribution in [2.45, 2.75) is 44.8 Å². The second kappa shape index (κ2) is 9.97. The molecule has 0 amide bonds. The van der Waals surface area contributed by atoms with Gasteiger partial charge in [-0.25, -0.2) is 0 Å². The predicted molar refractivity (Wildman–Crippen MR) is 142 cm³/mol. The van der Waals surface area contributed by atoms with Crippen molar-refractivity contribution in [3.05, 3.63) is 89.1 Å². The highest BCUT2D eigenvalue weighted by molar-refractivity contribution is 6.01. The second-order valence-electron chi connectivity index (χ2n) is 9.46. The van der Waals surface area contributed by atoms with Crippen LogP contribution in [0.3, 0.4) is 0 Å². The van der Waals surface area contributed by atoms with Crippen molar-refractivity contribution in [1.29, 1.82) is 0 Å². The van der Waals surface area contributed by atoms with Crippen LogP contribution in [0, 0.1) is 0 Å². The molecule has 36 heavy (non-hydrogen) atoms. The maximum atomic E-state index is 13.9. The van der Waals surface area contributed by atoms with Gasteiger partial charge in [0.15, 0.2) is 17.3 Å². The van der Waals surface area contributed by atoms with Crippen LogP contribution in [-0.2, 0) is 4.79 Å². The summed E-state index contributed by atoms with van der Waals surface area (Å²) in [5.74, 6) is 2.22. The highest BCUT2D eigenvalue weighted by Gasteiger charge is 2.38. The third kappa shape index (κ3) is 4.39. The fourth-order valence-electron chi connectivity index (χ4n) is 5.23. The number of carbonyl (C=O) groups excluding carboxylic acids is 1. The number of carbonyl (C=O) groups is 1. The lowest BCUT2D eigenvalue weighted by Crippen LogP contribution is -2.27. The Bertz CT molecular complexity index is 1310. The molecular weight excluding hydrogens is 452 g/mol. The van der Waals surface area contributed by atoms with Crippen molar-refractivity contribution < 1.29 is 19.0 Å². The minimum atomic E-state index is -0.397. The Morgan fingerprint density at radius 2 is 1.47 bits per heavy atom. The number of anilines is 2. The summed E-state index contributed by atoms with van der Waals surface area (Å²) < 4.78 is 17.5. The number of hydrogen-bond acceptors (Lipinski definition) is 6. The fourth-order valence-corrected chi connectivity index (χ4v) is 5.23. The Hall–Kier alpha value is -3.93. The number of Topliss-reactive ketones (excluding diaryl/α,β-unsaturated/α-hetero) is 1. The zero-order valence-corrected chi connectivity index (χ0v) is 21.1. The molecule has 0 saturated heterocycles.